The number of aryl methyl sites for hydroxylation is 1. The molecule has 1 unspecified atom stereocenters. The lowest BCUT2D eigenvalue weighted by molar-refractivity contribution is 0.340. The standard InChI is InChI=1S/C18H20ClNO3S/c1-2-23-18-11-10-14(12-16(18)19)24(21,22)20-17-9-5-7-13-6-3-4-8-15(13)17/h3-4,6,8,10-12,17,20H,2,5,7,9H2,1H3. The number of hydrogen-bond acceptors (Lipinski definition) is 3. The van der Waals surface area contributed by atoms with Gasteiger partial charge in [0.05, 0.1) is 16.5 Å². The van der Waals surface area contributed by atoms with Gasteiger partial charge in [0, 0.05) is 6.04 Å². The van der Waals surface area contributed by atoms with E-state index < -0.39 is 10.0 Å². The molecule has 0 heterocycles. The van der Waals surface area contributed by atoms with Crippen LogP contribution in [0.5, 0.6) is 5.75 Å². The first kappa shape index (κ1) is 17.3. The topological polar surface area (TPSA) is 55.4 Å². The minimum absolute atomic E-state index is 0.152. The summed E-state index contributed by atoms with van der Waals surface area (Å²) in [5.41, 5.74) is 2.27. The highest BCUT2D eigenvalue weighted by molar-refractivity contribution is 7.89. The molecule has 0 saturated heterocycles. The summed E-state index contributed by atoms with van der Waals surface area (Å²) in [6.45, 7) is 2.33. The van der Waals surface area contributed by atoms with E-state index >= 15 is 0 Å². The summed E-state index contributed by atoms with van der Waals surface area (Å²) in [7, 11) is -3.65. The van der Waals surface area contributed by atoms with Crippen molar-refractivity contribution in [2.75, 3.05) is 6.61 Å². The van der Waals surface area contributed by atoms with E-state index in [1.165, 1.54) is 17.7 Å². The van der Waals surface area contributed by atoms with E-state index in [1.807, 2.05) is 25.1 Å². The van der Waals surface area contributed by atoms with Crippen LogP contribution in [-0.2, 0) is 16.4 Å². The monoisotopic (exact) mass is 365 g/mol. The molecule has 0 radical (unpaired) electrons. The number of ether oxygens (including phenoxy) is 1. The van der Waals surface area contributed by atoms with Crippen molar-refractivity contribution in [1.29, 1.82) is 0 Å². The largest absolute Gasteiger partial charge is 0.492 e. The average molecular weight is 366 g/mol. The van der Waals surface area contributed by atoms with Crippen LogP contribution in [0.25, 0.3) is 0 Å². The second kappa shape index (κ2) is 7.13. The highest BCUT2D eigenvalue weighted by Gasteiger charge is 2.26. The zero-order chi connectivity index (χ0) is 17.2. The second-order valence-electron chi connectivity index (χ2n) is 5.79. The molecule has 1 aliphatic carbocycles. The molecule has 1 N–H and O–H groups in total. The van der Waals surface area contributed by atoms with Crippen LogP contribution >= 0.6 is 11.6 Å². The van der Waals surface area contributed by atoms with E-state index in [2.05, 4.69) is 10.8 Å². The van der Waals surface area contributed by atoms with Gasteiger partial charge in [0.1, 0.15) is 5.75 Å². The Bertz CT molecular complexity index is 836. The van der Waals surface area contributed by atoms with Gasteiger partial charge in [-0.15, -0.1) is 0 Å². The third kappa shape index (κ3) is 3.58. The zero-order valence-electron chi connectivity index (χ0n) is 13.5. The molecule has 128 valence electrons. The van der Waals surface area contributed by atoms with Crippen molar-refractivity contribution in [1.82, 2.24) is 4.72 Å². The molecular weight excluding hydrogens is 346 g/mol. The summed E-state index contributed by atoms with van der Waals surface area (Å²) >= 11 is 6.12. The van der Waals surface area contributed by atoms with Crippen LogP contribution in [0.3, 0.4) is 0 Å². The molecule has 0 aliphatic heterocycles. The summed E-state index contributed by atoms with van der Waals surface area (Å²) < 4.78 is 33.6. The lowest BCUT2D eigenvalue weighted by Gasteiger charge is -2.26. The lowest BCUT2D eigenvalue weighted by atomic mass is 9.88. The van der Waals surface area contributed by atoms with Crippen LogP contribution in [0.4, 0.5) is 0 Å². The summed E-state index contributed by atoms with van der Waals surface area (Å²) in [4.78, 5) is 0.152. The molecule has 0 fully saturated rings. The van der Waals surface area contributed by atoms with Crippen molar-refractivity contribution in [3.63, 3.8) is 0 Å². The first-order valence-electron chi connectivity index (χ1n) is 8.04. The molecule has 0 aromatic heterocycles. The van der Waals surface area contributed by atoms with Gasteiger partial charge in [-0.2, -0.15) is 0 Å². The highest BCUT2D eigenvalue weighted by atomic mass is 35.5. The van der Waals surface area contributed by atoms with Crippen molar-refractivity contribution >= 4 is 21.6 Å². The Morgan fingerprint density at radius 2 is 2.04 bits per heavy atom. The molecule has 0 saturated carbocycles. The fourth-order valence-electron chi connectivity index (χ4n) is 3.05. The molecule has 2 aromatic rings. The molecule has 1 aliphatic rings. The predicted molar refractivity (Wildman–Crippen MR) is 95.1 cm³/mol. The third-order valence-corrected chi connectivity index (χ3v) is 5.95. The molecule has 1 atom stereocenters. The van der Waals surface area contributed by atoms with Crippen LogP contribution in [0.2, 0.25) is 5.02 Å². The van der Waals surface area contributed by atoms with Gasteiger partial charge in [0.2, 0.25) is 10.0 Å². The SMILES string of the molecule is CCOc1ccc(S(=O)(=O)NC2CCCc3ccccc32)cc1Cl. The van der Waals surface area contributed by atoms with E-state index in [1.54, 1.807) is 6.07 Å². The Labute approximate surface area is 147 Å². The molecule has 4 nitrogen and oxygen atoms in total. The quantitative estimate of drug-likeness (QED) is 0.868. The minimum Gasteiger partial charge on any atom is -0.492 e. The molecule has 0 amide bonds. The van der Waals surface area contributed by atoms with E-state index in [-0.39, 0.29) is 10.9 Å². The van der Waals surface area contributed by atoms with Gasteiger partial charge in [-0.25, -0.2) is 13.1 Å². The van der Waals surface area contributed by atoms with Crippen molar-refractivity contribution in [3.8, 4) is 5.75 Å². The Kier molecular flexibility index (Phi) is 5.13. The maximum absolute atomic E-state index is 12.7. The number of fused-ring (bicyclic) bond motifs is 1. The van der Waals surface area contributed by atoms with Crippen LogP contribution < -0.4 is 9.46 Å². The molecule has 6 heteroatoms. The van der Waals surface area contributed by atoms with E-state index in [9.17, 15) is 8.42 Å². The molecule has 0 bridgehead atoms. The maximum atomic E-state index is 12.7. The fraction of sp³-hybridized carbons (Fsp3) is 0.333. The summed E-state index contributed by atoms with van der Waals surface area (Å²) in [5, 5.41) is 0.295. The normalized spacial score (nSPS) is 17.3. The number of sulfonamides is 1. The van der Waals surface area contributed by atoms with Crippen molar-refractivity contribution in [3.05, 3.63) is 58.6 Å². The first-order chi connectivity index (χ1) is 11.5. The van der Waals surface area contributed by atoms with Crippen LogP contribution in [-0.4, -0.2) is 15.0 Å². The van der Waals surface area contributed by atoms with Gasteiger partial charge in [0.15, 0.2) is 0 Å². The second-order valence-corrected chi connectivity index (χ2v) is 7.91. The molecule has 24 heavy (non-hydrogen) atoms. The van der Waals surface area contributed by atoms with Crippen molar-refractivity contribution < 1.29 is 13.2 Å². The summed E-state index contributed by atoms with van der Waals surface area (Å²) in [6, 6.07) is 12.3. The van der Waals surface area contributed by atoms with Gasteiger partial charge in [-0.05, 0) is 55.5 Å². The van der Waals surface area contributed by atoms with E-state index in [0.717, 1.165) is 24.8 Å². The predicted octanol–water partition coefficient (Wildman–Crippen LogP) is 4.09. The van der Waals surface area contributed by atoms with Gasteiger partial charge >= 0.3 is 0 Å². The van der Waals surface area contributed by atoms with Crippen molar-refractivity contribution in [2.45, 2.75) is 37.1 Å². The Morgan fingerprint density at radius 3 is 2.79 bits per heavy atom. The highest BCUT2D eigenvalue weighted by Crippen LogP contribution is 2.32. The average Bonchev–Trinajstić information content (AvgIpc) is 2.57. The molecule has 2 aromatic carbocycles. The third-order valence-electron chi connectivity index (χ3n) is 4.18. The molecule has 0 spiro atoms. The summed E-state index contributed by atoms with van der Waals surface area (Å²) in [6.07, 6.45) is 2.75. The van der Waals surface area contributed by atoms with Crippen LogP contribution in [0, 0.1) is 0 Å². The molecular formula is C18H20ClNO3S. The van der Waals surface area contributed by atoms with Gasteiger partial charge < -0.3 is 4.74 Å². The summed E-state index contributed by atoms with van der Waals surface area (Å²) in [5.74, 6) is 0.487. The number of nitrogens with one attached hydrogen (secondary N) is 1. The Balaban J connectivity index is 1.86. The number of benzene rings is 2. The molecule has 3 rings (SSSR count). The van der Waals surface area contributed by atoms with Crippen LogP contribution in [0.15, 0.2) is 47.4 Å². The number of rotatable bonds is 5. The Hall–Kier alpha value is -1.56. The lowest BCUT2D eigenvalue weighted by Crippen LogP contribution is -2.31. The van der Waals surface area contributed by atoms with Gasteiger partial charge in [0.25, 0.3) is 0 Å². The van der Waals surface area contributed by atoms with Crippen LogP contribution in [0.1, 0.15) is 36.9 Å². The van der Waals surface area contributed by atoms with E-state index in [4.69, 9.17) is 16.3 Å². The van der Waals surface area contributed by atoms with Gasteiger partial charge in [-0.3, -0.25) is 0 Å². The van der Waals surface area contributed by atoms with Crippen molar-refractivity contribution in [2.24, 2.45) is 0 Å². The smallest absolute Gasteiger partial charge is 0.241 e. The van der Waals surface area contributed by atoms with E-state index in [0.29, 0.717) is 17.4 Å². The zero-order valence-corrected chi connectivity index (χ0v) is 15.0. The number of halogens is 1. The van der Waals surface area contributed by atoms with Gasteiger partial charge in [-0.1, -0.05) is 35.9 Å². The number of hydrogen-bond donors (Lipinski definition) is 1. The maximum Gasteiger partial charge on any atom is 0.241 e. The minimum atomic E-state index is -3.65. The first-order valence-corrected chi connectivity index (χ1v) is 9.90. The Morgan fingerprint density at radius 1 is 1.25 bits per heavy atom. The fourth-order valence-corrected chi connectivity index (χ4v) is 4.63.